The van der Waals surface area contributed by atoms with Crippen LogP contribution in [0.1, 0.15) is 56.4 Å². The van der Waals surface area contributed by atoms with Crippen LogP contribution < -0.4 is 4.74 Å². The van der Waals surface area contributed by atoms with Crippen molar-refractivity contribution in [1.82, 2.24) is 0 Å². The molecule has 0 fully saturated rings. The van der Waals surface area contributed by atoms with Gasteiger partial charge in [0.15, 0.2) is 0 Å². The highest BCUT2D eigenvalue weighted by molar-refractivity contribution is 6.61. The van der Waals surface area contributed by atoms with Crippen molar-refractivity contribution >= 4 is 81.7 Å². The van der Waals surface area contributed by atoms with Crippen LogP contribution in [0.3, 0.4) is 0 Å². The summed E-state index contributed by atoms with van der Waals surface area (Å²) in [6, 6.07) is 5.02. The summed E-state index contributed by atoms with van der Waals surface area (Å²) >= 11 is 14.4. The number of aliphatic hydroxyl groups excluding tert-OH is 8. The molecule has 0 saturated heterocycles. The number of nitrogens with zero attached hydrogens (tertiary/aromatic N) is 1. The predicted octanol–water partition coefficient (Wildman–Crippen LogP) is 1.26. The lowest BCUT2D eigenvalue weighted by molar-refractivity contribution is -0.384. The largest absolute Gasteiger partial charge is 0.464 e. The van der Waals surface area contributed by atoms with E-state index < -0.39 is 171 Å². The van der Waals surface area contributed by atoms with Gasteiger partial charge in [-0.25, -0.2) is 4.79 Å². The molecule has 1 rings (SSSR count). The third-order valence-electron chi connectivity index (χ3n) is 10.0. The number of nitro groups is 1. The van der Waals surface area contributed by atoms with E-state index in [0.29, 0.717) is 0 Å². The number of carbonyl (C=O) groups excluding carboxylic acids is 7. The second-order valence-corrected chi connectivity index (χ2v) is 18.1. The van der Waals surface area contributed by atoms with Crippen LogP contribution in [0.15, 0.2) is 24.3 Å². The molecule has 0 radical (unpaired) electrons. The number of carbonyl (C=O) groups is 7. The van der Waals surface area contributed by atoms with Crippen LogP contribution in [0, 0.1) is 42.6 Å². The molecule has 0 aliphatic rings. The molecule has 0 aliphatic carbocycles. The zero-order chi connectivity index (χ0) is 55.3. The van der Waals surface area contributed by atoms with Crippen LogP contribution in [-0.2, 0) is 61.9 Å². The van der Waals surface area contributed by atoms with E-state index in [1.54, 1.807) is 0 Å². The van der Waals surface area contributed by atoms with Gasteiger partial charge in [0, 0.05) is 23.7 Å². The van der Waals surface area contributed by atoms with Gasteiger partial charge in [-0.05, 0) is 53.7 Å². The number of hydrogen-bond donors (Lipinski definition) is 8. The second kappa shape index (κ2) is 36.4. The molecule has 0 aliphatic heterocycles. The first kappa shape index (κ1) is 74.9. The van der Waals surface area contributed by atoms with Crippen molar-refractivity contribution in [2.45, 2.75) is 56.4 Å². The van der Waals surface area contributed by atoms with Crippen molar-refractivity contribution in [3.8, 4) is 5.75 Å². The lowest BCUT2D eigenvalue weighted by Crippen LogP contribution is -2.45. The van der Waals surface area contributed by atoms with Crippen LogP contribution in [0.25, 0.3) is 0 Å². The fourth-order valence-corrected chi connectivity index (χ4v) is 4.29. The van der Waals surface area contributed by atoms with E-state index in [9.17, 15) is 84.5 Å². The predicted molar refractivity (Wildman–Crippen MR) is 257 cm³/mol. The summed E-state index contributed by atoms with van der Waals surface area (Å²) in [6.07, 6.45) is 0. The highest BCUT2D eigenvalue weighted by Gasteiger charge is 2.45. The maximum Gasteiger partial charge on any atom is 0.409 e. The molecule has 0 spiro atoms. The van der Waals surface area contributed by atoms with Crippen molar-refractivity contribution in [2.75, 3.05) is 111 Å². The SMILES string of the molecule is C.C.CC(CO)(CO)C(=O)OCC(C)(COC(=O)C(C)(CO)CO)C(=O)OCCOCCOC(=O)C(C)(COC(=O)C(C)(CO)CO)COC(=O)C(C)(CO)CO.ClCCl.O=C(Cl)Oc1ccc([N+](=O)[O-])cc1. The van der Waals surface area contributed by atoms with Gasteiger partial charge < -0.3 is 78.7 Å². The van der Waals surface area contributed by atoms with E-state index in [4.69, 9.17) is 68.0 Å². The molecule has 0 bridgehead atoms. The summed E-state index contributed by atoms with van der Waals surface area (Å²) in [6.45, 7) is -3.49. The van der Waals surface area contributed by atoms with E-state index >= 15 is 0 Å². The van der Waals surface area contributed by atoms with Gasteiger partial charge in [0.05, 0.1) is 76.3 Å². The molecule has 29 heteroatoms. The van der Waals surface area contributed by atoms with Gasteiger partial charge in [0.25, 0.3) is 5.69 Å². The van der Waals surface area contributed by atoms with Crippen molar-refractivity contribution < 1.29 is 117 Å². The Morgan fingerprint density at radius 1 is 0.466 bits per heavy atom. The van der Waals surface area contributed by atoms with Crippen LogP contribution in [0.2, 0.25) is 0 Å². The number of ether oxygens (including phenoxy) is 8. The number of hydrogen-bond acceptors (Lipinski definition) is 25. The Kier molecular flexibility index (Phi) is 37.3. The molecule has 0 unspecified atom stereocenters. The Labute approximate surface area is 437 Å². The van der Waals surface area contributed by atoms with E-state index in [1.165, 1.54) is 65.8 Å². The van der Waals surface area contributed by atoms with E-state index in [-0.39, 0.29) is 44.8 Å². The molecule has 26 nitrogen and oxygen atoms in total. The van der Waals surface area contributed by atoms with Crippen molar-refractivity contribution in [3.05, 3.63) is 34.4 Å². The van der Waals surface area contributed by atoms with Gasteiger partial charge in [-0.15, -0.1) is 23.2 Å². The summed E-state index contributed by atoms with van der Waals surface area (Å²) in [5, 5.41) is 86.3. The minimum atomic E-state index is -1.87. The molecule has 0 amide bonds. The third kappa shape index (κ3) is 25.0. The van der Waals surface area contributed by atoms with Crippen molar-refractivity contribution in [1.29, 1.82) is 0 Å². The number of esters is 6. The van der Waals surface area contributed by atoms with Gasteiger partial charge in [0.2, 0.25) is 0 Å². The minimum absolute atomic E-state index is 0. The Morgan fingerprint density at radius 3 is 0.904 bits per heavy atom. The quantitative estimate of drug-likeness (QED) is 0.0102. The zero-order valence-electron chi connectivity index (χ0n) is 39.9. The third-order valence-corrected chi connectivity index (χ3v) is 10.1. The zero-order valence-corrected chi connectivity index (χ0v) is 42.2. The maximum absolute atomic E-state index is 13.1. The molecule has 0 atom stereocenters. The fourth-order valence-electron chi connectivity index (χ4n) is 4.20. The van der Waals surface area contributed by atoms with E-state index in [1.807, 2.05) is 0 Å². The Balaban J connectivity index is -0.00000112. The average molecular weight is 1120 g/mol. The normalized spacial score (nSPS) is 11.5. The first-order chi connectivity index (χ1) is 33.1. The number of aliphatic hydroxyl groups is 8. The standard InChI is InChI=1S/C34H58O21.C7H4ClNO4.CH2Cl2.2CH4/c1-29(11-35,12-36)23(43)52-19-33(5,20-53-24(44)30(2,13-37)14-38)27(47)50-9-7-49-8-10-51-28(48)34(6,21-54-25(45)31(3,15-39)16-40)22-55-26(46)32(4,17-41)18-42;8-7(10)13-6-3-1-5(2-4-6)9(11)12;2-1-3;;/h35-42H,7-22H2,1-6H3;1-4H;1H2;2*1H4. The molecule has 1 aromatic carbocycles. The average Bonchev–Trinajstić information content (AvgIpc) is 3.36. The minimum Gasteiger partial charge on any atom is -0.464 e. The monoisotopic (exact) mass is 1120 g/mol. The second-order valence-electron chi connectivity index (χ2n) is 17.0. The van der Waals surface area contributed by atoms with Gasteiger partial charge in [-0.3, -0.25) is 38.9 Å². The van der Waals surface area contributed by atoms with Gasteiger partial charge in [-0.2, -0.15) is 0 Å². The lowest BCUT2D eigenvalue weighted by atomic mass is 9.90. The lowest BCUT2D eigenvalue weighted by Gasteiger charge is -2.31. The van der Waals surface area contributed by atoms with Crippen LogP contribution in [0.4, 0.5) is 10.5 Å². The van der Waals surface area contributed by atoms with Crippen LogP contribution in [0.5, 0.6) is 5.75 Å². The molecule has 0 heterocycles. The van der Waals surface area contributed by atoms with Crippen LogP contribution >= 0.6 is 34.8 Å². The molecule has 8 N–H and O–H groups in total. The number of rotatable bonds is 30. The van der Waals surface area contributed by atoms with E-state index in [0.717, 1.165) is 0 Å². The topological polar surface area (TPSA) is 398 Å². The molecular weight excluding hydrogens is 1050 g/mol. The summed E-state index contributed by atoms with van der Waals surface area (Å²) in [7, 11) is 0. The molecule has 73 heavy (non-hydrogen) atoms. The smallest absolute Gasteiger partial charge is 0.409 e. The van der Waals surface area contributed by atoms with Crippen molar-refractivity contribution in [2.24, 2.45) is 32.5 Å². The highest BCUT2D eigenvalue weighted by atomic mass is 35.5. The Morgan fingerprint density at radius 2 is 0.699 bits per heavy atom. The van der Waals surface area contributed by atoms with Gasteiger partial charge >= 0.3 is 41.2 Å². The molecule has 424 valence electrons. The fraction of sp³-hybridized carbons (Fsp3) is 0.705. The van der Waals surface area contributed by atoms with E-state index in [2.05, 4.69) is 4.74 Å². The highest BCUT2D eigenvalue weighted by Crippen LogP contribution is 2.28. The molecule has 1 aromatic rings. The number of non-ortho nitro benzene ring substituents is 1. The number of nitro benzene ring substituents is 1. The number of benzene rings is 1. The Hall–Kier alpha value is -4.58. The summed E-state index contributed by atoms with van der Waals surface area (Å²) in [4.78, 5) is 96.2. The van der Waals surface area contributed by atoms with Gasteiger partial charge in [-0.1, -0.05) is 14.9 Å². The first-order valence-electron chi connectivity index (χ1n) is 20.8. The summed E-state index contributed by atoms with van der Waals surface area (Å²) in [5.41, 5.74) is -11.7. The Bertz CT molecular complexity index is 1670. The molecular formula is C44H72Cl3NO25. The number of halogens is 3. The molecule has 0 aromatic heterocycles. The summed E-state index contributed by atoms with van der Waals surface area (Å²) in [5.74, 6) is -6.24. The maximum atomic E-state index is 13.1. The number of alkyl halides is 2. The molecule has 0 saturated carbocycles. The van der Waals surface area contributed by atoms with Gasteiger partial charge in [0.1, 0.15) is 77.9 Å². The van der Waals surface area contributed by atoms with Crippen molar-refractivity contribution in [3.63, 3.8) is 0 Å². The first-order valence-corrected chi connectivity index (χ1v) is 22.2. The summed E-state index contributed by atoms with van der Waals surface area (Å²) < 4.78 is 40.8. The van der Waals surface area contributed by atoms with Crippen LogP contribution in [-0.4, -0.2) is 198 Å².